The summed E-state index contributed by atoms with van der Waals surface area (Å²) in [6.45, 7) is 3.91. The summed E-state index contributed by atoms with van der Waals surface area (Å²) >= 11 is 0. The molecule has 14 heavy (non-hydrogen) atoms. The molecular weight excluding hydrogens is 202 g/mol. The third-order valence-electron chi connectivity index (χ3n) is 1.86. The van der Waals surface area contributed by atoms with E-state index in [0.29, 0.717) is 19.4 Å². The Bertz CT molecular complexity index is 292. The summed E-state index contributed by atoms with van der Waals surface area (Å²) in [5, 5.41) is 8.26. The highest BCUT2D eigenvalue weighted by atomic mass is 32.2. The normalized spacial score (nSPS) is 12.0. The van der Waals surface area contributed by atoms with E-state index >= 15 is 0 Å². The van der Waals surface area contributed by atoms with Gasteiger partial charge in [-0.1, -0.05) is 0 Å². The monoisotopic (exact) mass is 219 g/mol. The van der Waals surface area contributed by atoms with Crippen LogP contribution >= 0.6 is 0 Å². The zero-order chi connectivity index (χ0) is 11.2. The average molecular weight is 219 g/mol. The molecule has 0 aromatic rings. The standard InChI is InChI=1S/C8H17N3O2S/c1-8(2)11(3)14(12,13)10-7-5-4-6-9/h8,10H,4-5,7H2,1-3H3. The number of hydrogen-bond donors (Lipinski definition) is 1. The lowest BCUT2D eigenvalue weighted by Crippen LogP contribution is -2.42. The first kappa shape index (κ1) is 13.4. The van der Waals surface area contributed by atoms with Gasteiger partial charge in [0.1, 0.15) is 0 Å². The minimum Gasteiger partial charge on any atom is -0.202 e. The summed E-state index contributed by atoms with van der Waals surface area (Å²) in [4.78, 5) is 0. The third-order valence-corrected chi connectivity index (χ3v) is 3.60. The van der Waals surface area contributed by atoms with Gasteiger partial charge in [-0.2, -0.15) is 18.0 Å². The maximum atomic E-state index is 11.5. The van der Waals surface area contributed by atoms with E-state index in [1.165, 1.54) is 11.4 Å². The number of unbranched alkanes of at least 4 members (excludes halogenated alkanes) is 1. The molecule has 5 nitrogen and oxygen atoms in total. The third kappa shape index (κ3) is 4.56. The average Bonchev–Trinajstić information content (AvgIpc) is 2.11. The molecule has 1 N–H and O–H groups in total. The molecule has 0 fully saturated rings. The first-order chi connectivity index (χ1) is 6.41. The molecule has 0 aromatic carbocycles. The van der Waals surface area contributed by atoms with Crippen LogP contribution in [0.1, 0.15) is 26.7 Å². The second kappa shape index (κ2) is 5.96. The van der Waals surface area contributed by atoms with Crippen molar-refractivity contribution in [2.24, 2.45) is 0 Å². The van der Waals surface area contributed by atoms with Gasteiger partial charge in [-0.05, 0) is 20.3 Å². The molecule has 6 heteroatoms. The number of nitrogens with one attached hydrogen (secondary N) is 1. The molecule has 0 heterocycles. The summed E-state index contributed by atoms with van der Waals surface area (Å²) in [6, 6.07) is 1.89. The predicted molar refractivity (Wildman–Crippen MR) is 54.7 cm³/mol. The fourth-order valence-electron chi connectivity index (χ4n) is 0.748. The molecule has 0 amide bonds. The minimum atomic E-state index is -3.37. The molecule has 0 atom stereocenters. The first-order valence-electron chi connectivity index (χ1n) is 4.51. The van der Waals surface area contributed by atoms with Gasteiger partial charge in [-0.15, -0.1) is 0 Å². The predicted octanol–water partition coefficient (Wildman–Crippen LogP) is 0.465. The molecule has 0 saturated heterocycles. The fraction of sp³-hybridized carbons (Fsp3) is 0.875. The van der Waals surface area contributed by atoms with Gasteiger partial charge in [0.15, 0.2) is 0 Å². The van der Waals surface area contributed by atoms with Gasteiger partial charge >= 0.3 is 0 Å². The van der Waals surface area contributed by atoms with Gasteiger partial charge in [0.05, 0.1) is 6.07 Å². The van der Waals surface area contributed by atoms with Crippen LogP contribution in [-0.2, 0) is 10.2 Å². The van der Waals surface area contributed by atoms with E-state index in [2.05, 4.69) is 4.72 Å². The Morgan fingerprint density at radius 2 is 2.07 bits per heavy atom. The number of rotatable bonds is 6. The minimum absolute atomic E-state index is 0.0662. The fourth-order valence-corrected chi connectivity index (χ4v) is 1.91. The lowest BCUT2D eigenvalue weighted by Gasteiger charge is -2.20. The van der Waals surface area contributed by atoms with E-state index in [1.807, 2.05) is 6.07 Å². The second-order valence-corrected chi connectivity index (χ2v) is 5.09. The SMILES string of the molecule is CC(C)N(C)S(=O)(=O)NCCCC#N. The van der Waals surface area contributed by atoms with Crippen molar-refractivity contribution >= 4 is 10.2 Å². The van der Waals surface area contributed by atoms with E-state index in [-0.39, 0.29) is 6.04 Å². The summed E-state index contributed by atoms with van der Waals surface area (Å²) in [7, 11) is -1.84. The van der Waals surface area contributed by atoms with Gasteiger partial charge in [-0.25, -0.2) is 4.72 Å². The van der Waals surface area contributed by atoms with Gasteiger partial charge < -0.3 is 0 Å². The van der Waals surface area contributed by atoms with Gasteiger partial charge in [0, 0.05) is 26.1 Å². The van der Waals surface area contributed by atoms with Crippen LogP contribution < -0.4 is 4.72 Å². The number of nitriles is 1. The zero-order valence-electron chi connectivity index (χ0n) is 8.82. The molecule has 0 radical (unpaired) electrons. The first-order valence-corrected chi connectivity index (χ1v) is 5.95. The smallest absolute Gasteiger partial charge is 0.202 e. The van der Waals surface area contributed by atoms with E-state index in [9.17, 15) is 8.42 Å². The van der Waals surface area contributed by atoms with E-state index in [4.69, 9.17) is 5.26 Å². The van der Waals surface area contributed by atoms with Crippen LogP contribution in [0.15, 0.2) is 0 Å². The maximum Gasteiger partial charge on any atom is 0.279 e. The summed E-state index contributed by atoms with van der Waals surface area (Å²) < 4.78 is 26.6. The van der Waals surface area contributed by atoms with Crippen LogP contribution in [0.2, 0.25) is 0 Å². The molecule has 0 rings (SSSR count). The lowest BCUT2D eigenvalue weighted by molar-refractivity contribution is 0.402. The molecule has 0 saturated carbocycles. The quantitative estimate of drug-likeness (QED) is 0.660. The van der Waals surface area contributed by atoms with E-state index in [1.54, 1.807) is 13.8 Å². The molecule has 0 spiro atoms. The molecular formula is C8H17N3O2S. The summed E-state index contributed by atoms with van der Waals surface area (Å²) in [5.41, 5.74) is 0. The second-order valence-electron chi connectivity index (χ2n) is 3.27. The van der Waals surface area contributed by atoms with Crippen LogP contribution in [-0.4, -0.2) is 32.4 Å². The lowest BCUT2D eigenvalue weighted by atomic mass is 10.3. The number of nitrogens with zero attached hydrogens (tertiary/aromatic N) is 2. The maximum absolute atomic E-state index is 11.5. The van der Waals surface area contributed by atoms with Crippen molar-refractivity contribution in [1.82, 2.24) is 9.03 Å². The molecule has 0 aliphatic carbocycles. The van der Waals surface area contributed by atoms with Crippen molar-refractivity contribution < 1.29 is 8.42 Å². The molecule has 0 bridgehead atoms. The van der Waals surface area contributed by atoms with Gasteiger partial charge in [-0.3, -0.25) is 0 Å². The highest BCUT2D eigenvalue weighted by Crippen LogP contribution is 2.00. The Morgan fingerprint density at radius 3 is 2.50 bits per heavy atom. The van der Waals surface area contributed by atoms with Crippen molar-refractivity contribution in [3.63, 3.8) is 0 Å². The van der Waals surface area contributed by atoms with Crippen molar-refractivity contribution in [1.29, 1.82) is 5.26 Å². The highest BCUT2D eigenvalue weighted by Gasteiger charge is 2.18. The molecule has 82 valence electrons. The Labute approximate surface area is 85.9 Å². The molecule has 0 aliphatic heterocycles. The highest BCUT2D eigenvalue weighted by molar-refractivity contribution is 7.87. The van der Waals surface area contributed by atoms with Crippen LogP contribution in [0, 0.1) is 11.3 Å². The molecule has 0 aromatic heterocycles. The number of hydrogen-bond acceptors (Lipinski definition) is 3. The largest absolute Gasteiger partial charge is 0.279 e. The summed E-state index contributed by atoms with van der Waals surface area (Å²) in [5.74, 6) is 0. The Hall–Kier alpha value is -0.640. The van der Waals surface area contributed by atoms with Crippen molar-refractivity contribution in [2.75, 3.05) is 13.6 Å². The van der Waals surface area contributed by atoms with Gasteiger partial charge in [0.25, 0.3) is 10.2 Å². The Morgan fingerprint density at radius 1 is 1.50 bits per heavy atom. The van der Waals surface area contributed by atoms with Crippen molar-refractivity contribution in [3.05, 3.63) is 0 Å². The molecule has 0 aliphatic rings. The van der Waals surface area contributed by atoms with Crippen LogP contribution in [0.3, 0.4) is 0 Å². The van der Waals surface area contributed by atoms with E-state index < -0.39 is 10.2 Å². The van der Waals surface area contributed by atoms with Crippen molar-refractivity contribution in [3.8, 4) is 6.07 Å². The van der Waals surface area contributed by atoms with Crippen LogP contribution in [0.5, 0.6) is 0 Å². The van der Waals surface area contributed by atoms with Gasteiger partial charge in [0.2, 0.25) is 0 Å². The topological polar surface area (TPSA) is 73.2 Å². The molecule has 0 unspecified atom stereocenters. The Kier molecular flexibility index (Phi) is 5.69. The zero-order valence-corrected chi connectivity index (χ0v) is 9.63. The van der Waals surface area contributed by atoms with E-state index in [0.717, 1.165) is 0 Å². The summed E-state index contributed by atoms with van der Waals surface area (Å²) in [6.07, 6.45) is 0.912. The van der Waals surface area contributed by atoms with Crippen LogP contribution in [0.4, 0.5) is 0 Å². The van der Waals surface area contributed by atoms with Crippen LogP contribution in [0.25, 0.3) is 0 Å². The Balaban J connectivity index is 4.04. The van der Waals surface area contributed by atoms with Crippen molar-refractivity contribution in [2.45, 2.75) is 32.7 Å².